The number of benzene rings is 1. The standard InChI is InChI=1S/C12H16N2O/c1-9-3-2-4-10(5-9)7-13-11-6-12(15)14-8-11/h2-5,11,13H,6-8H2,1H3,(H,14,15). The highest BCUT2D eigenvalue weighted by Crippen LogP contribution is 2.05. The fraction of sp³-hybridized carbons (Fsp3) is 0.417. The number of hydrogen-bond acceptors (Lipinski definition) is 2. The number of nitrogens with one attached hydrogen (secondary N) is 2. The molecule has 0 aromatic heterocycles. The topological polar surface area (TPSA) is 41.1 Å². The molecule has 1 heterocycles. The van der Waals surface area contributed by atoms with Crippen molar-refractivity contribution in [2.75, 3.05) is 6.54 Å². The molecule has 1 aliphatic heterocycles. The molecular formula is C12H16N2O. The lowest BCUT2D eigenvalue weighted by molar-refractivity contribution is -0.119. The summed E-state index contributed by atoms with van der Waals surface area (Å²) in [6.07, 6.45) is 0.603. The van der Waals surface area contributed by atoms with E-state index < -0.39 is 0 Å². The molecule has 0 saturated carbocycles. The number of carbonyl (C=O) groups excluding carboxylic acids is 1. The number of aryl methyl sites for hydroxylation is 1. The molecular weight excluding hydrogens is 188 g/mol. The van der Waals surface area contributed by atoms with E-state index in [0.29, 0.717) is 6.42 Å². The van der Waals surface area contributed by atoms with Crippen LogP contribution in [-0.2, 0) is 11.3 Å². The van der Waals surface area contributed by atoms with Gasteiger partial charge in [-0.3, -0.25) is 4.79 Å². The van der Waals surface area contributed by atoms with E-state index in [4.69, 9.17) is 0 Å². The first-order valence-corrected chi connectivity index (χ1v) is 5.29. The van der Waals surface area contributed by atoms with Crippen LogP contribution in [0.15, 0.2) is 24.3 Å². The monoisotopic (exact) mass is 204 g/mol. The summed E-state index contributed by atoms with van der Waals surface area (Å²) in [5.74, 6) is 0.150. The van der Waals surface area contributed by atoms with E-state index in [-0.39, 0.29) is 11.9 Å². The molecule has 1 amide bonds. The van der Waals surface area contributed by atoms with Gasteiger partial charge in [-0.05, 0) is 12.5 Å². The van der Waals surface area contributed by atoms with Crippen LogP contribution in [0.1, 0.15) is 17.5 Å². The molecule has 3 heteroatoms. The molecule has 1 saturated heterocycles. The molecule has 15 heavy (non-hydrogen) atoms. The van der Waals surface area contributed by atoms with E-state index in [9.17, 15) is 4.79 Å². The van der Waals surface area contributed by atoms with E-state index >= 15 is 0 Å². The molecule has 0 bridgehead atoms. The fourth-order valence-corrected chi connectivity index (χ4v) is 1.83. The lowest BCUT2D eigenvalue weighted by atomic mass is 10.1. The van der Waals surface area contributed by atoms with E-state index in [0.717, 1.165) is 13.1 Å². The van der Waals surface area contributed by atoms with Gasteiger partial charge in [0.25, 0.3) is 0 Å². The minimum Gasteiger partial charge on any atom is -0.354 e. The summed E-state index contributed by atoms with van der Waals surface area (Å²) in [5.41, 5.74) is 2.55. The molecule has 0 spiro atoms. The van der Waals surface area contributed by atoms with Gasteiger partial charge in [0.1, 0.15) is 0 Å². The first kappa shape index (κ1) is 10.2. The number of amides is 1. The first-order chi connectivity index (χ1) is 7.24. The van der Waals surface area contributed by atoms with Crippen LogP contribution in [0.5, 0.6) is 0 Å². The zero-order valence-electron chi connectivity index (χ0n) is 8.92. The van der Waals surface area contributed by atoms with Crippen LogP contribution in [0.2, 0.25) is 0 Å². The second kappa shape index (κ2) is 4.45. The van der Waals surface area contributed by atoms with Crippen molar-refractivity contribution in [2.24, 2.45) is 0 Å². The van der Waals surface area contributed by atoms with Crippen molar-refractivity contribution in [3.8, 4) is 0 Å². The summed E-state index contributed by atoms with van der Waals surface area (Å²) in [6.45, 7) is 3.68. The minimum atomic E-state index is 0.150. The normalized spacial score (nSPS) is 20.3. The molecule has 0 radical (unpaired) electrons. The van der Waals surface area contributed by atoms with Crippen LogP contribution in [0.25, 0.3) is 0 Å². The Morgan fingerprint density at radius 3 is 3.07 bits per heavy atom. The molecule has 1 fully saturated rings. The van der Waals surface area contributed by atoms with Gasteiger partial charge in [0.15, 0.2) is 0 Å². The Bertz CT molecular complexity index is 362. The Labute approximate surface area is 89.9 Å². The zero-order chi connectivity index (χ0) is 10.7. The van der Waals surface area contributed by atoms with Gasteiger partial charge in [-0.25, -0.2) is 0 Å². The van der Waals surface area contributed by atoms with Crippen LogP contribution in [0, 0.1) is 6.92 Å². The summed E-state index contributed by atoms with van der Waals surface area (Å²) in [5, 5.41) is 6.19. The summed E-state index contributed by atoms with van der Waals surface area (Å²) < 4.78 is 0. The smallest absolute Gasteiger partial charge is 0.221 e. The molecule has 3 nitrogen and oxygen atoms in total. The van der Waals surface area contributed by atoms with Crippen molar-refractivity contribution in [1.29, 1.82) is 0 Å². The second-order valence-electron chi connectivity index (χ2n) is 4.08. The predicted molar refractivity (Wildman–Crippen MR) is 59.4 cm³/mol. The third-order valence-electron chi connectivity index (χ3n) is 2.65. The summed E-state index contributed by atoms with van der Waals surface area (Å²) in [7, 11) is 0. The Hall–Kier alpha value is -1.35. The number of carbonyl (C=O) groups is 1. The van der Waals surface area contributed by atoms with Gasteiger partial charge in [-0.2, -0.15) is 0 Å². The zero-order valence-corrected chi connectivity index (χ0v) is 8.92. The Kier molecular flexibility index (Phi) is 3.02. The van der Waals surface area contributed by atoms with Gasteiger partial charge in [0.05, 0.1) is 0 Å². The molecule has 1 atom stereocenters. The SMILES string of the molecule is Cc1cccc(CNC2CNC(=O)C2)c1. The van der Waals surface area contributed by atoms with Crippen molar-refractivity contribution in [3.05, 3.63) is 35.4 Å². The first-order valence-electron chi connectivity index (χ1n) is 5.29. The molecule has 0 aliphatic carbocycles. The van der Waals surface area contributed by atoms with Crippen molar-refractivity contribution in [2.45, 2.75) is 25.9 Å². The van der Waals surface area contributed by atoms with Crippen molar-refractivity contribution in [1.82, 2.24) is 10.6 Å². The van der Waals surface area contributed by atoms with Gasteiger partial charge in [0, 0.05) is 25.6 Å². The van der Waals surface area contributed by atoms with Crippen LogP contribution in [0.3, 0.4) is 0 Å². The summed E-state index contributed by atoms with van der Waals surface area (Å²) >= 11 is 0. The summed E-state index contributed by atoms with van der Waals surface area (Å²) in [6, 6.07) is 8.70. The average molecular weight is 204 g/mol. The maximum absolute atomic E-state index is 11.0. The van der Waals surface area contributed by atoms with E-state index in [1.807, 2.05) is 0 Å². The van der Waals surface area contributed by atoms with Gasteiger partial charge in [-0.1, -0.05) is 29.8 Å². The molecule has 1 unspecified atom stereocenters. The minimum absolute atomic E-state index is 0.150. The van der Waals surface area contributed by atoms with Crippen molar-refractivity contribution in [3.63, 3.8) is 0 Å². The highest BCUT2D eigenvalue weighted by Gasteiger charge is 2.20. The number of hydrogen-bond donors (Lipinski definition) is 2. The molecule has 1 aliphatic rings. The lowest BCUT2D eigenvalue weighted by Crippen LogP contribution is -2.30. The molecule has 80 valence electrons. The van der Waals surface area contributed by atoms with E-state index in [1.54, 1.807) is 0 Å². The maximum Gasteiger partial charge on any atom is 0.221 e. The Morgan fingerprint density at radius 2 is 2.40 bits per heavy atom. The lowest BCUT2D eigenvalue weighted by Gasteiger charge is -2.10. The van der Waals surface area contributed by atoms with Gasteiger partial charge < -0.3 is 10.6 Å². The second-order valence-corrected chi connectivity index (χ2v) is 4.08. The molecule has 1 aromatic carbocycles. The van der Waals surface area contributed by atoms with E-state index in [2.05, 4.69) is 41.8 Å². The van der Waals surface area contributed by atoms with Gasteiger partial charge >= 0.3 is 0 Å². The van der Waals surface area contributed by atoms with Crippen LogP contribution >= 0.6 is 0 Å². The molecule has 2 N–H and O–H groups in total. The maximum atomic E-state index is 11.0. The highest BCUT2D eigenvalue weighted by atomic mass is 16.1. The number of rotatable bonds is 3. The highest BCUT2D eigenvalue weighted by molar-refractivity contribution is 5.78. The van der Waals surface area contributed by atoms with Crippen LogP contribution in [0.4, 0.5) is 0 Å². The van der Waals surface area contributed by atoms with Crippen molar-refractivity contribution < 1.29 is 4.79 Å². The Morgan fingerprint density at radius 1 is 1.53 bits per heavy atom. The van der Waals surface area contributed by atoms with Crippen molar-refractivity contribution >= 4 is 5.91 Å². The van der Waals surface area contributed by atoms with E-state index in [1.165, 1.54) is 11.1 Å². The summed E-state index contributed by atoms with van der Waals surface area (Å²) in [4.78, 5) is 11.0. The average Bonchev–Trinajstić information content (AvgIpc) is 2.62. The fourth-order valence-electron chi connectivity index (χ4n) is 1.83. The van der Waals surface area contributed by atoms with Gasteiger partial charge in [0.2, 0.25) is 5.91 Å². The molecule has 2 rings (SSSR count). The molecule has 1 aromatic rings. The van der Waals surface area contributed by atoms with Crippen LogP contribution in [-0.4, -0.2) is 18.5 Å². The quantitative estimate of drug-likeness (QED) is 0.770. The van der Waals surface area contributed by atoms with Gasteiger partial charge in [-0.15, -0.1) is 0 Å². The van der Waals surface area contributed by atoms with Crippen LogP contribution < -0.4 is 10.6 Å². The predicted octanol–water partition coefficient (Wildman–Crippen LogP) is 0.973. The third kappa shape index (κ3) is 2.80. The Balaban J connectivity index is 1.85. The third-order valence-corrected chi connectivity index (χ3v) is 2.65. The largest absolute Gasteiger partial charge is 0.354 e.